The number of hydrogen-bond acceptors (Lipinski definition) is 5. The Morgan fingerprint density at radius 2 is 1.88 bits per heavy atom. The molecule has 0 N–H and O–H groups in total. The maximum atomic E-state index is 11.5. The van der Waals surface area contributed by atoms with Crippen LogP contribution in [0.5, 0.6) is 0 Å². The quantitative estimate of drug-likeness (QED) is 0.600. The van der Waals surface area contributed by atoms with E-state index < -0.39 is 0 Å². The first-order chi connectivity index (χ1) is 8.08. The standard InChI is InChI=1S/C12H25N3O2/c1-13(2)10-11-17-12(16)4-5-15-8-6-14(3)7-9-15/h4-11H2,1-3H3. The van der Waals surface area contributed by atoms with Gasteiger partial charge in [0.05, 0.1) is 6.42 Å². The molecule has 0 saturated carbocycles. The molecule has 0 aromatic rings. The highest BCUT2D eigenvalue weighted by molar-refractivity contribution is 5.69. The molecule has 1 saturated heterocycles. The molecule has 100 valence electrons. The van der Waals surface area contributed by atoms with Gasteiger partial charge >= 0.3 is 5.97 Å². The molecule has 5 nitrogen and oxygen atoms in total. The van der Waals surface area contributed by atoms with Crippen molar-refractivity contribution < 1.29 is 9.53 Å². The van der Waals surface area contributed by atoms with Crippen LogP contribution >= 0.6 is 0 Å². The molecular weight excluding hydrogens is 218 g/mol. The molecule has 1 aliphatic heterocycles. The monoisotopic (exact) mass is 243 g/mol. The van der Waals surface area contributed by atoms with E-state index >= 15 is 0 Å². The Morgan fingerprint density at radius 1 is 1.24 bits per heavy atom. The van der Waals surface area contributed by atoms with Crippen LogP contribution in [0.2, 0.25) is 0 Å². The highest BCUT2D eigenvalue weighted by Crippen LogP contribution is 2.00. The Hall–Kier alpha value is -0.650. The molecule has 0 atom stereocenters. The Balaban J connectivity index is 2.03. The average Bonchev–Trinajstić information content (AvgIpc) is 2.28. The second-order valence-electron chi connectivity index (χ2n) is 4.92. The highest BCUT2D eigenvalue weighted by Gasteiger charge is 2.14. The summed E-state index contributed by atoms with van der Waals surface area (Å²) >= 11 is 0. The summed E-state index contributed by atoms with van der Waals surface area (Å²) in [5.74, 6) is -0.0780. The zero-order valence-electron chi connectivity index (χ0n) is 11.3. The van der Waals surface area contributed by atoms with Crippen molar-refractivity contribution in [2.45, 2.75) is 6.42 Å². The molecule has 0 aliphatic carbocycles. The minimum absolute atomic E-state index is 0.0780. The van der Waals surface area contributed by atoms with Crippen molar-refractivity contribution in [2.75, 3.05) is 67.0 Å². The van der Waals surface area contributed by atoms with Crippen LogP contribution in [0.3, 0.4) is 0 Å². The van der Waals surface area contributed by atoms with E-state index in [9.17, 15) is 4.79 Å². The lowest BCUT2D eigenvalue weighted by atomic mass is 10.3. The molecule has 0 aromatic heterocycles. The smallest absolute Gasteiger partial charge is 0.307 e. The number of esters is 1. The summed E-state index contributed by atoms with van der Waals surface area (Å²) < 4.78 is 5.15. The van der Waals surface area contributed by atoms with E-state index in [2.05, 4.69) is 16.8 Å². The van der Waals surface area contributed by atoms with Gasteiger partial charge in [-0.1, -0.05) is 0 Å². The first kappa shape index (κ1) is 14.4. The SMILES string of the molecule is CN(C)CCOC(=O)CCN1CCN(C)CC1. The lowest BCUT2D eigenvalue weighted by Gasteiger charge is -2.32. The third kappa shape index (κ3) is 6.61. The Kier molecular flexibility index (Phi) is 6.47. The van der Waals surface area contributed by atoms with Crippen molar-refractivity contribution in [1.29, 1.82) is 0 Å². The zero-order chi connectivity index (χ0) is 12.7. The Morgan fingerprint density at radius 3 is 2.47 bits per heavy atom. The van der Waals surface area contributed by atoms with E-state index in [1.807, 2.05) is 19.0 Å². The van der Waals surface area contributed by atoms with Gasteiger partial charge in [-0.2, -0.15) is 0 Å². The fraction of sp³-hybridized carbons (Fsp3) is 0.917. The van der Waals surface area contributed by atoms with Crippen molar-refractivity contribution in [3.05, 3.63) is 0 Å². The average molecular weight is 243 g/mol. The molecular formula is C12H25N3O2. The van der Waals surface area contributed by atoms with Crippen molar-refractivity contribution in [3.63, 3.8) is 0 Å². The maximum Gasteiger partial charge on any atom is 0.307 e. The van der Waals surface area contributed by atoms with E-state index in [4.69, 9.17) is 4.74 Å². The van der Waals surface area contributed by atoms with Gasteiger partial charge in [0.1, 0.15) is 6.61 Å². The third-order valence-corrected chi connectivity index (χ3v) is 3.03. The van der Waals surface area contributed by atoms with Crippen LogP contribution in [-0.2, 0) is 9.53 Å². The van der Waals surface area contributed by atoms with Crippen LogP contribution in [0.4, 0.5) is 0 Å². The number of carbonyl (C=O) groups excluding carboxylic acids is 1. The number of piperazine rings is 1. The molecule has 5 heteroatoms. The van der Waals surface area contributed by atoms with E-state index in [1.165, 1.54) is 0 Å². The third-order valence-electron chi connectivity index (χ3n) is 3.03. The van der Waals surface area contributed by atoms with Gasteiger partial charge in [-0.15, -0.1) is 0 Å². The van der Waals surface area contributed by atoms with Gasteiger partial charge < -0.3 is 19.4 Å². The summed E-state index contributed by atoms with van der Waals surface area (Å²) in [6.07, 6.45) is 0.511. The number of hydrogen-bond donors (Lipinski definition) is 0. The zero-order valence-corrected chi connectivity index (χ0v) is 11.3. The van der Waals surface area contributed by atoms with Crippen molar-refractivity contribution in [2.24, 2.45) is 0 Å². The predicted octanol–water partition coefficient (Wildman–Crippen LogP) is -0.271. The van der Waals surface area contributed by atoms with Crippen molar-refractivity contribution in [1.82, 2.24) is 14.7 Å². The number of rotatable bonds is 6. The fourth-order valence-corrected chi connectivity index (χ4v) is 1.74. The van der Waals surface area contributed by atoms with Crippen LogP contribution in [0, 0.1) is 0 Å². The summed E-state index contributed by atoms with van der Waals surface area (Å²) in [4.78, 5) is 18.1. The highest BCUT2D eigenvalue weighted by atomic mass is 16.5. The molecule has 17 heavy (non-hydrogen) atoms. The first-order valence-corrected chi connectivity index (χ1v) is 6.29. The molecule has 1 aliphatic rings. The minimum atomic E-state index is -0.0780. The van der Waals surface area contributed by atoms with Crippen LogP contribution in [0.15, 0.2) is 0 Å². The lowest BCUT2D eigenvalue weighted by Crippen LogP contribution is -2.45. The first-order valence-electron chi connectivity index (χ1n) is 6.29. The Bertz CT molecular complexity index is 226. The van der Waals surface area contributed by atoms with Gasteiger partial charge in [0.2, 0.25) is 0 Å². The normalized spacial score (nSPS) is 18.6. The molecule has 0 aromatic carbocycles. The number of carbonyl (C=O) groups is 1. The summed E-state index contributed by atoms with van der Waals surface area (Å²) in [7, 11) is 6.07. The van der Waals surface area contributed by atoms with Crippen LogP contribution in [-0.4, -0.2) is 87.7 Å². The number of ether oxygens (including phenoxy) is 1. The van der Waals surface area contributed by atoms with Crippen LogP contribution in [0.25, 0.3) is 0 Å². The number of likely N-dealkylation sites (N-methyl/N-ethyl adjacent to an activating group) is 2. The lowest BCUT2D eigenvalue weighted by molar-refractivity contribution is -0.144. The van der Waals surface area contributed by atoms with Crippen molar-refractivity contribution in [3.8, 4) is 0 Å². The molecule has 1 heterocycles. The summed E-state index contributed by atoms with van der Waals surface area (Å²) in [6, 6.07) is 0. The molecule has 0 unspecified atom stereocenters. The second kappa shape index (κ2) is 7.63. The topological polar surface area (TPSA) is 36.0 Å². The maximum absolute atomic E-state index is 11.5. The van der Waals surface area contributed by atoms with Gasteiger partial charge in [0, 0.05) is 39.3 Å². The van der Waals surface area contributed by atoms with E-state index in [1.54, 1.807) is 0 Å². The van der Waals surface area contributed by atoms with Gasteiger partial charge in [-0.25, -0.2) is 0 Å². The van der Waals surface area contributed by atoms with E-state index in [-0.39, 0.29) is 5.97 Å². The summed E-state index contributed by atoms with van der Waals surface area (Å²) in [5.41, 5.74) is 0. The summed E-state index contributed by atoms with van der Waals surface area (Å²) in [6.45, 7) is 6.41. The fourth-order valence-electron chi connectivity index (χ4n) is 1.74. The molecule has 0 amide bonds. The van der Waals surface area contributed by atoms with E-state index in [0.29, 0.717) is 13.0 Å². The van der Waals surface area contributed by atoms with Gasteiger partial charge in [-0.05, 0) is 21.1 Å². The van der Waals surface area contributed by atoms with Crippen molar-refractivity contribution >= 4 is 5.97 Å². The van der Waals surface area contributed by atoms with Crippen LogP contribution < -0.4 is 0 Å². The molecule has 0 radical (unpaired) electrons. The van der Waals surface area contributed by atoms with Gasteiger partial charge in [0.15, 0.2) is 0 Å². The number of nitrogens with zero attached hydrogens (tertiary/aromatic N) is 3. The van der Waals surface area contributed by atoms with Crippen LogP contribution in [0.1, 0.15) is 6.42 Å². The van der Waals surface area contributed by atoms with E-state index in [0.717, 1.165) is 39.3 Å². The molecule has 0 spiro atoms. The molecule has 1 rings (SSSR count). The Labute approximate surface area is 104 Å². The minimum Gasteiger partial charge on any atom is -0.464 e. The summed E-state index contributed by atoms with van der Waals surface area (Å²) in [5, 5.41) is 0. The van der Waals surface area contributed by atoms with Gasteiger partial charge in [-0.3, -0.25) is 4.79 Å². The predicted molar refractivity (Wildman–Crippen MR) is 68.1 cm³/mol. The second-order valence-corrected chi connectivity index (χ2v) is 4.92. The largest absolute Gasteiger partial charge is 0.464 e. The molecule has 0 bridgehead atoms. The van der Waals surface area contributed by atoms with Gasteiger partial charge in [0.25, 0.3) is 0 Å². The molecule has 1 fully saturated rings.